The molecule has 1 heterocycles. The zero-order chi connectivity index (χ0) is 17.5. The summed E-state index contributed by atoms with van der Waals surface area (Å²) in [6.07, 6.45) is 1.49. The molecule has 0 aliphatic rings. The van der Waals surface area contributed by atoms with Crippen molar-refractivity contribution in [2.24, 2.45) is 0 Å². The second-order valence-corrected chi connectivity index (χ2v) is 4.79. The van der Waals surface area contributed by atoms with Gasteiger partial charge in [0.1, 0.15) is 18.4 Å². The van der Waals surface area contributed by atoms with E-state index in [-0.39, 0.29) is 16.9 Å². The molecule has 0 aliphatic heterocycles. The highest BCUT2D eigenvalue weighted by molar-refractivity contribution is 5.96. The maximum Gasteiger partial charge on any atom is 0.357 e. The molecule has 0 spiro atoms. The van der Waals surface area contributed by atoms with E-state index in [4.69, 9.17) is 19.9 Å². The summed E-state index contributed by atoms with van der Waals surface area (Å²) in [6, 6.07) is 9.12. The molecule has 0 aliphatic carbocycles. The summed E-state index contributed by atoms with van der Waals surface area (Å²) >= 11 is 0. The maximum absolute atomic E-state index is 12.1. The smallest absolute Gasteiger partial charge is 0.357 e. The number of nitriles is 1. The Kier molecular flexibility index (Phi) is 5.82. The van der Waals surface area contributed by atoms with Crippen molar-refractivity contribution in [1.82, 2.24) is 4.57 Å². The lowest BCUT2D eigenvalue weighted by Crippen LogP contribution is -2.13. The summed E-state index contributed by atoms with van der Waals surface area (Å²) in [4.78, 5) is 12.1. The third kappa shape index (κ3) is 3.50. The van der Waals surface area contributed by atoms with Crippen molar-refractivity contribution in [3.8, 4) is 17.5 Å². The molecule has 126 valence electrons. The number of nitrogens with two attached hydrogens (primary N) is 1. The Morgan fingerprint density at radius 3 is 2.75 bits per heavy atom. The molecule has 0 unspecified atom stereocenters. The van der Waals surface area contributed by atoms with Crippen LogP contribution in [0.5, 0.6) is 5.75 Å². The number of methoxy groups -OCH3 is 1. The van der Waals surface area contributed by atoms with E-state index in [0.717, 1.165) is 0 Å². The average molecular weight is 329 g/mol. The molecule has 2 N–H and O–H groups in total. The minimum Gasteiger partial charge on any atom is -0.489 e. The van der Waals surface area contributed by atoms with E-state index in [1.807, 2.05) is 19.1 Å². The highest BCUT2D eigenvalue weighted by Crippen LogP contribution is 2.29. The topological polar surface area (TPSA) is 99.5 Å². The van der Waals surface area contributed by atoms with Crippen LogP contribution in [0.1, 0.15) is 23.0 Å². The van der Waals surface area contributed by atoms with Crippen LogP contribution in [0, 0.1) is 11.3 Å². The number of carbonyl (C=O) groups excluding carboxylic acids is 1. The van der Waals surface area contributed by atoms with E-state index in [1.54, 1.807) is 18.2 Å². The number of nitrogen functional groups attached to an aromatic ring is 1. The van der Waals surface area contributed by atoms with Crippen molar-refractivity contribution >= 4 is 11.7 Å². The van der Waals surface area contributed by atoms with Crippen LogP contribution in [0.3, 0.4) is 0 Å². The van der Waals surface area contributed by atoms with Crippen LogP contribution >= 0.6 is 0 Å². The normalized spacial score (nSPS) is 10.2. The number of benzene rings is 1. The van der Waals surface area contributed by atoms with Crippen LogP contribution in [0.25, 0.3) is 5.69 Å². The number of carbonyl (C=O) groups is 1. The van der Waals surface area contributed by atoms with E-state index in [2.05, 4.69) is 0 Å². The van der Waals surface area contributed by atoms with E-state index in [9.17, 15) is 10.1 Å². The molecule has 24 heavy (non-hydrogen) atoms. The molecule has 0 bridgehead atoms. The third-order valence-corrected chi connectivity index (χ3v) is 3.36. The number of anilines is 1. The summed E-state index contributed by atoms with van der Waals surface area (Å²) < 4.78 is 17.3. The lowest BCUT2D eigenvalue weighted by Gasteiger charge is -2.14. The van der Waals surface area contributed by atoms with Gasteiger partial charge in [0.2, 0.25) is 0 Å². The van der Waals surface area contributed by atoms with Gasteiger partial charge in [-0.1, -0.05) is 12.1 Å². The Labute approximate surface area is 140 Å². The molecule has 2 aromatic rings. The predicted octanol–water partition coefficient (Wildman–Crippen LogP) is 2.13. The first-order valence-electron chi connectivity index (χ1n) is 7.43. The van der Waals surface area contributed by atoms with Crippen molar-refractivity contribution in [2.45, 2.75) is 6.92 Å². The van der Waals surface area contributed by atoms with Crippen molar-refractivity contribution in [1.29, 1.82) is 5.26 Å². The van der Waals surface area contributed by atoms with E-state index in [0.29, 0.717) is 31.3 Å². The molecule has 0 atom stereocenters. The van der Waals surface area contributed by atoms with Gasteiger partial charge in [-0.05, 0) is 19.1 Å². The van der Waals surface area contributed by atoms with Gasteiger partial charge in [-0.15, -0.1) is 0 Å². The average Bonchev–Trinajstić information content (AvgIpc) is 2.94. The first-order chi connectivity index (χ1) is 11.6. The number of para-hydroxylation sites is 2. The van der Waals surface area contributed by atoms with E-state index < -0.39 is 5.97 Å². The zero-order valence-corrected chi connectivity index (χ0v) is 13.6. The summed E-state index contributed by atoms with van der Waals surface area (Å²) in [5, 5.41) is 9.18. The van der Waals surface area contributed by atoms with E-state index in [1.165, 1.54) is 17.9 Å². The van der Waals surface area contributed by atoms with Crippen molar-refractivity contribution in [3.05, 3.63) is 41.7 Å². The molecule has 0 saturated carbocycles. The Bertz CT molecular complexity index is 762. The van der Waals surface area contributed by atoms with Gasteiger partial charge < -0.3 is 24.5 Å². The third-order valence-electron chi connectivity index (χ3n) is 3.36. The van der Waals surface area contributed by atoms with Crippen molar-refractivity contribution in [3.63, 3.8) is 0 Å². The molecule has 1 aromatic heterocycles. The molecule has 0 radical (unpaired) electrons. The summed E-state index contributed by atoms with van der Waals surface area (Å²) in [5.41, 5.74) is 6.86. The van der Waals surface area contributed by atoms with Crippen LogP contribution in [0.2, 0.25) is 0 Å². The van der Waals surface area contributed by atoms with Gasteiger partial charge in [-0.25, -0.2) is 4.79 Å². The number of nitrogens with zero attached hydrogens (tertiary/aromatic N) is 2. The number of esters is 1. The van der Waals surface area contributed by atoms with Gasteiger partial charge in [0, 0.05) is 12.8 Å². The number of hydrogen-bond donors (Lipinski definition) is 1. The minimum absolute atomic E-state index is 0.0773. The van der Waals surface area contributed by atoms with Gasteiger partial charge in [-0.2, -0.15) is 5.26 Å². The number of hydrogen-bond acceptors (Lipinski definition) is 6. The van der Waals surface area contributed by atoms with Gasteiger partial charge in [0.25, 0.3) is 0 Å². The molecule has 0 fully saturated rings. The first-order valence-corrected chi connectivity index (χ1v) is 7.43. The monoisotopic (exact) mass is 329 g/mol. The lowest BCUT2D eigenvalue weighted by atomic mass is 10.2. The maximum atomic E-state index is 12.1. The molecular formula is C17H19N3O4. The SMILES string of the molecule is CCOCCOc1ccccc1-n1cc(C#N)c(N)c1C(=O)OC. The second kappa shape index (κ2) is 8.04. The fraction of sp³-hybridized carbons (Fsp3) is 0.294. The molecule has 2 rings (SSSR count). The number of rotatable bonds is 7. The summed E-state index contributed by atoms with van der Waals surface area (Å²) in [5.74, 6) is -0.0834. The lowest BCUT2D eigenvalue weighted by molar-refractivity contribution is 0.0593. The van der Waals surface area contributed by atoms with Gasteiger partial charge in [-0.3, -0.25) is 0 Å². The summed E-state index contributed by atoms with van der Waals surface area (Å²) in [7, 11) is 1.26. The second-order valence-electron chi connectivity index (χ2n) is 4.79. The highest BCUT2D eigenvalue weighted by atomic mass is 16.5. The quantitative estimate of drug-likeness (QED) is 0.617. The van der Waals surface area contributed by atoms with Crippen LogP contribution in [0.4, 0.5) is 5.69 Å². The molecule has 1 aromatic carbocycles. The Balaban J connectivity index is 2.45. The van der Waals surface area contributed by atoms with Gasteiger partial charge >= 0.3 is 5.97 Å². The molecule has 0 amide bonds. The van der Waals surface area contributed by atoms with Crippen molar-refractivity contribution < 1.29 is 19.0 Å². The number of aromatic nitrogens is 1. The van der Waals surface area contributed by atoms with Gasteiger partial charge in [0.05, 0.1) is 30.7 Å². The molecular weight excluding hydrogens is 310 g/mol. The van der Waals surface area contributed by atoms with Crippen molar-refractivity contribution in [2.75, 3.05) is 32.7 Å². The van der Waals surface area contributed by atoms with Crippen LogP contribution in [-0.4, -0.2) is 37.5 Å². The van der Waals surface area contributed by atoms with Gasteiger partial charge in [0.15, 0.2) is 5.69 Å². The first kappa shape index (κ1) is 17.4. The van der Waals surface area contributed by atoms with Crippen LogP contribution in [0.15, 0.2) is 30.5 Å². The minimum atomic E-state index is -0.627. The standard InChI is InChI=1S/C17H19N3O4/c1-3-23-8-9-24-14-7-5-4-6-13(14)20-11-12(10-18)15(19)16(20)17(21)22-2/h4-7,11H,3,8-9,19H2,1-2H3. The molecule has 7 heteroatoms. The molecule has 0 saturated heterocycles. The van der Waals surface area contributed by atoms with E-state index >= 15 is 0 Å². The predicted molar refractivity (Wildman–Crippen MR) is 88.2 cm³/mol. The highest BCUT2D eigenvalue weighted by Gasteiger charge is 2.23. The number of ether oxygens (including phenoxy) is 3. The van der Waals surface area contributed by atoms with Crippen LogP contribution in [-0.2, 0) is 9.47 Å². The summed E-state index contributed by atoms with van der Waals surface area (Å²) in [6.45, 7) is 3.33. The fourth-order valence-electron chi connectivity index (χ4n) is 2.24. The molecule has 7 nitrogen and oxygen atoms in total. The fourth-order valence-corrected chi connectivity index (χ4v) is 2.24. The van der Waals surface area contributed by atoms with Crippen LogP contribution < -0.4 is 10.5 Å². The Hall–Kier alpha value is -2.98. The Morgan fingerprint density at radius 1 is 1.33 bits per heavy atom. The zero-order valence-electron chi connectivity index (χ0n) is 13.6. The largest absolute Gasteiger partial charge is 0.489 e. The Morgan fingerprint density at radius 2 is 2.08 bits per heavy atom.